The summed E-state index contributed by atoms with van der Waals surface area (Å²) in [5, 5.41) is 3.83. The van der Waals surface area contributed by atoms with Gasteiger partial charge in [-0.25, -0.2) is 4.39 Å². The highest BCUT2D eigenvalue weighted by molar-refractivity contribution is 6.77. The second-order valence-corrected chi connectivity index (χ2v) is 34.2. The van der Waals surface area contributed by atoms with Crippen LogP contribution in [0.1, 0.15) is 104 Å². The molecule has 10 heteroatoms. The first-order valence-electron chi connectivity index (χ1n) is 19.6. The van der Waals surface area contributed by atoms with Gasteiger partial charge in [-0.3, -0.25) is 4.79 Å². The zero-order chi connectivity index (χ0) is 40.9. The molecule has 3 aromatic carbocycles. The van der Waals surface area contributed by atoms with Crippen LogP contribution in [0.2, 0.25) is 54.4 Å². The maximum atomic E-state index is 14.7. The Labute approximate surface area is 330 Å². The van der Waals surface area contributed by atoms with Crippen molar-refractivity contribution in [3.8, 4) is 5.75 Å². The summed E-state index contributed by atoms with van der Waals surface area (Å²) in [5.41, 5.74) is 4.00. The quantitative estimate of drug-likeness (QED) is 0.141. The third kappa shape index (κ3) is 12.1. The zero-order valence-corrected chi connectivity index (χ0v) is 39.3. The molecule has 0 saturated heterocycles. The number of carbonyl (C=O) groups excluding carboxylic acids is 1. The van der Waals surface area contributed by atoms with E-state index in [1.807, 2.05) is 36.4 Å². The Kier molecular flexibility index (Phi) is 14.8. The molecular formula is C44H71FN2O4Si3. The number of carbonyl (C=O) groups is 1. The van der Waals surface area contributed by atoms with Crippen molar-refractivity contribution in [1.29, 1.82) is 0 Å². The average molecular weight is 795 g/mol. The minimum Gasteiger partial charge on any atom is -0.519 e. The van der Waals surface area contributed by atoms with Gasteiger partial charge in [-0.15, -0.1) is 0 Å². The number of rotatable bonds is 16. The van der Waals surface area contributed by atoms with Crippen LogP contribution in [0.4, 0.5) is 10.1 Å². The van der Waals surface area contributed by atoms with Crippen molar-refractivity contribution in [2.45, 2.75) is 148 Å². The zero-order valence-electron chi connectivity index (χ0n) is 36.3. The van der Waals surface area contributed by atoms with Crippen LogP contribution in [0.3, 0.4) is 0 Å². The van der Waals surface area contributed by atoms with Gasteiger partial charge < -0.3 is 23.9 Å². The fourth-order valence-corrected chi connectivity index (χ4v) is 8.91. The summed E-state index contributed by atoms with van der Waals surface area (Å²) < 4.78 is 33.4. The van der Waals surface area contributed by atoms with E-state index >= 15 is 0 Å². The fourth-order valence-electron chi connectivity index (χ4n) is 5.45. The van der Waals surface area contributed by atoms with E-state index in [-0.39, 0.29) is 33.0 Å². The number of hydrogen-bond donors (Lipinski definition) is 2. The van der Waals surface area contributed by atoms with Crippen molar-refractivity contribution < 1.29 is 22.8 Å². The Balaban J connectivity index is 2.09. The van der Waals surface area contributed by atoms with Gasteiger partial charge in [0.15, 0.2) is 8.32 Å². The molecule has 3 aromatic rings. The van der Waals surface area contributed by atoms with Crippen LogP contribution < -0.4 is 15.0 Å². The van der Waals surface area contributed by atoms with Crippen LogP contribution in [-0.4, -0.2) is 37.9 Å². The molecule has 0 aliphatic carbocycles. The van der Waals surface area contributed by atoms with Crippen molar-refractivity contribution >= 4 is 36.5 Å². The van der Waals surface area contributed by atoms with Gasteiger partial charge in [0.2, 0.25) is 0 Å². The summed E-state index contributed by atoms with van der Waals surface area (Å²) in [6, 6.07) is 22.7. The van der Waals surface area contributed by atoms with E-state index in [9.17, 15) is 9.18 Å². The van der Waals surface area contributed by atoms with Crippen LogP contribution >= 0.6 is 0 Å². The Morgan fingerprint density at radius 1 is 0.685 bits per heavy atom. The van der Waals surface area contributed by atoms with Gasteiger partial charge in [-0.2, -0.15) is 0 Å². The number of anilines is 1. The van der Waals surface area contributed by atoms with E-state index in [1.165, 1.54) is 17.7 Å². The van der Waals surface area contributed by atoms with Gasteiger partial charge in [0.1, 0.15) is 19.8 Å². The highest BCUT2D eigenvalue weighted by Crippen LogP contribution is 2.44. The molecule has 0 radical (unpaired) electrons. The first kappa shape index (κ1) is 45.6. The van der Waals surface area contributed by atoms with E-state index in [0.29, 0.717) is 12.8 Å². The Hall–Kier alpha value is -2.77. The number of benzene rings is 3. The van der Waals surface area contributed by atoms with Crippen molar-refractivity contribution in [2.75, 3.05) is 12.4 Å². The molecule has 54 heavy (non-hydrogen) atoms. The summed E-state index contributed by atoms with van der Waals surface area (Å²) in [4.78, 5) is 18.6. The predicted octanol–water partition coefficient (Wildman–Crippen LogP) is 12.8. The Morgan fingerprint density at radius 3 is 1.69 bits per heavy atom. The molecular weight excluding hydrogens is 724 g/mol. The summed E-state index contributed by atoms with van der Waals surface area (Å²) in [7, 11) is -4.75. The molecule has 0 aliphatic rings. The lowest BCUT2D eigenvalue weighted by molar-refractivity contribution is -0.141. The summed E-state index contributed by atoms with van der Waals surface area (Å²) in [5.74, 6) is -0.310. The fraction of sp³-hybridized carbons (Fsp3) is 0.568. The van der Waals surface area contributed by atoms with Gasteiger partial charge in [0.25, 0.3) is 14.3 Å². The van der Waals surface area contributed by atoms with E-state index in [4.69, 9.17) is 13.6 Å². The number of methoxy groups -OCH3 is 1. The van der Waals surface area contributed by atoms with Gasteiger partial charge in [0.05, 0.1) is 25.2 Å². The molecule has 6 nitrogen and oxygen atoms in total. The van der Waals surface area contributed by atoms with Crippen LogP contribution in [0.5, 0.6) is 5.75 Å². The van der Waals surface area contributed by atoms with Crippen LogP contribution in [0.15, 0.2) is 72.8 Å². The molecule has 3 atom stereocenters. The second kappa shape index (κ2) is 17.6. The van der Waals surface area contributed by atoms with Gasteiger partial charge in [-0.05, 0) is 107 Å². The number of nitrogens with one attached hydrogen (secondary N) is 2. The molecule has 2 N–H and O–H groups in total. The molecule has 0 amide bonds. The molecule has 0 spiro atoms. The molecule has 300 valence electrons. The van der Waals surface area contributed by atoms with Crippen LogP contribution in [0.25, 0.3) is 0 Å². The van der Waals surface area contributed by atoms with Crippen molar-refractivity contribution in [1.82, 2.24) is 4.98 Å². The van der Waals surface area contributed by atoms with E-state index in [0.717, 1.165) is 29.1 Å². The first-order valence-corrected chi connectivity index (χ1v) is 28.4. The monoisotopic (exact) mass is 794 g/mol. The van der Waals surface area contributed by atoms with Crippen LogP contribution in [0, 0.1) is 11.7 Å². The number of halogens is 1. The molecule has 3 rings (SSSR count). The molecule has 0 bridgehead atoms. The number of hydrogen-bond acceptors (Lipinski definition) is 6. The minimum atomic E-state index is -2.49. The van der Waals surface area contributed by atoms with Gasteiger partial charge in [-0.1, -0.05) is 112 Å². The van der Waals surface area contributed by atoms with E-state index in [2.05, 4.69) is 136 Å². The third-order valence-corrected chi connectivity index (χ3v) is 26.1. The highest BCUT2D eigenvalue weighted by Gasteiger charge is 2.44. The SMILES string of the molecule is COc1ccc([C@@H](Nc2ccc(CN[Si](C)(C)C(C)(C)C)cc2)[C@@H](CC[C@H](O[Si](C)(C)C(C)(C)C)c2ccc(F)cc2)C(=O)O[Si](C)(C)C(C)(C)C)cc1. The highest BCUT2D eigenvalue weighted by atomic mass is 28.4. The maximum Gasteiger partial charge on any atom is 0.298 e. The van der Waals surface area contributed by atoms with Gasteiger partial charge in [0, 0.05) is 12.2 Å². The summed E-state index contributed by atoms with van der Waals surface area (Å²) in [6.45, 7) is 34.3. The normalized spacial score (nSPS) is 15.0. The minimum absolute atomic E-state index is 0.0362. The predicted molar refractivity (Wildman–Crippen MR) is 233 cm³/mol. The molecule has 0 aliphatic heterocycles. The van der Waals surface area contributed by atoms with E-state index < -0.39 is 36.8 Å². The summed E-state index contributed by atoms with van der Waals surface area (Å²) in [6.07, 6.45) is 0.725. The van der Waals surface area contributed by atoms with Crippen molar-refractivity contribution in [3.05, 3.63) is 95.3 Å². The topological polar surface area (TPSA) is 68.8 Å². The second-order valence-electron chi connectivity index (χ2n) is 19.6. The van der Waals surface area contributed by atoms with Crippen molar-refractivity contribution in [2.24, 2.45) is 5.92 Å². The molecule has 0 unspecified atom stereocenters. The lowest BCUT2D eigenvalue weighted by atomic mass is 9.87. The largest absolute Gasteiger partial charge is 0.519 e. The van der Waals surface area contributed by atoms with Crippen LogP contribution in [-0.2, 0) is 20.2 Å². The number of ether oxygens (including phenoxy) is 1. The maximum absolute atomic E-state index is 14.7. The van der Waals surface area contributed by atoms with Gasteiger partial charge >= 0.3 is 0 Å². The Bertz CT molecular complexity index is 1640. The standard InChI is InChI=1S/C44H71FN2O4Si3/c1-42(2,3)52(11,12)46-31-32-17-25-36(26-18-32)47-40(34-21-27-37(49-10)28-22-34)38(41(48)51-54(15,16)44(7,8)9)29-30-39(33-19-23-35(45)24-20-33)50-53(13,14)43(4,5)6/h17-28,38-40,46-47H,29-31H2,1-16H3/t38-,39+,40-/m1/s1. The van der Waals surface area contributed by atoms with E-state index in [1.54, 1.807) is 7.11 Å². The molecule has 0 fully saturated rings. The average Bonchev–Trinajstić information content (AvgIpc) is 3.05. The third-order valence-electron chi connectivity index (χ3n) is 12.5. The lowest BCUT2D eigenvalue weighted by Crippen LogP contribution is -2.51. The lowest BCUT2D eigenvalue weighted by Gasteiger charge is -2.40. The molecule has 0 aromatic heterocycles. The molecule has 0 saturated carbocycles. The summed E-state index contributed by atoms with van der Waals surface area (Å²) >= 11 is 0. The Morgan fingerprint density at radius 2 is 1.20 bits per heavy atom. The molecule has 0 heterocycles. The first-order chi connectivity index (χ1) is 24.7. The van der Waals surface area contributed by atoms with Crippen molar-refractivity contribution in [3.63, 3.8) is 0 Å². The smallest absolute Gasteiger partial charge is 0.298 e.